The summed E-state index contributed by atoms with van der Waals surface area (Å²) in [6.45, 7) is 7.22. The van der Waals surface area contributed by atoms with E-state index in [9.17, 15) is 9.59 Å². The molecule has 0 unspecified atom stereocenters. The summed E-state index contributed by atoms with van der Waals surface area (Å²) in [5.41, 5.74) is 0.668. The molecule has 1 aromatic rings. The topological polar surface area (TPSA) is 49.9 Å². The molecule has 1 heterocycles. The molecule has 5 nitrogen and oxygen atoms in total. The molecule has 1 aromatic carbocycles. The monoisotopic (exact) mass is 318 g/mol. The molecule has 2 rings (SSSR count). The van der Waals surface area contributed by atoms with Crippen LogP contribution in [-0.4, -0.2) is 54.4 Å². The lowest BCUT2D eigenvalue weighted by atomic mass is 10.2. The number of nitrogens with zero attached hydrogens (tertiary/aromatic N) is 2. The van der Waals surface area contributed by atoms with Gasteiger partial charge in [0.25, 0.3) is 5.91 Å². The van der Waals surface area contributed by atoms with Crippen molar-refractivity contribution in [1.82, 2.24) is 9.80 Å². The summed E-state index contributed by atoms with van der Waals surface area (Å²) in [5, 5.41) is 0. The molecule has 0 radical (unpaired) electrons. The quantitative estimate of drug-likeness (QED) is 0.838. The first-order chi connectivity index (χ1) is 11.2. The maximum Gasteiger partial charge on any atom is 0.253 e. The third-order valence-electron chi connectivity index (χ3n) is 4.01. The molecule has 1 fully saturated rings. The van der Waals surface area contributed by atoms with Gasteiger partial charge in [-0.05, 0) is 44.0 Å². The second kappa shape index (κ2) is 8.56. The molecule has 0 bridgehead atoms. The molecular formula is C18H26N2O3. The number of carbonyl (C=O) groups is 2. The third-order valence-corrected chi connectivity index (χ3v) is 4.01. The molecule has 1 aliphatic heterocycles. The SMILES string of the molecule is CCCC(=O)N1CCCN(C(=O)c2ccc(OCC)cc2)CC1. The fraction of sp³-hybridized carbons (Fsp3) is 0.556. The highest BCUT2D eigenvalue weighted by Crippen LogP contribution is 2.15. The summed E-state index contributed by atoms with van der Waals surface area (Å²) in [6, 6.07) is 7.26. The van der Waals surface area contributed by atoms with Gasteiger partial charge in [-0.2, -0.15) is 0 Å². The van der Waals surface area contributed by atoms with Crippen molar-refractivity contribution in [3.05, 3.63) is 29.8 Å². The minimum Gasteiger partial charge on any atom is -0.494 e. The van der Waals surface area contributed by atoms with Crippen molar-refractivity contribution in [1.29, 1.82) is 0 Å². The van der Waals surface area contributed by atoms with Crippen molar-refractivity contribution in [2.24, 2.45) is 0 Å². The van der Waals surface area contributed by atoms with Crippen molar-refractivity contribution in [2.75, 3.05) is 32.8 Å². The fourth-order valence-electron chi connectivity index (χ4n) is 2.78. The highest BCUT2D eigenvalue weighted by atomic mass is 16.5. The smallest absolute Gasteiger partial charge is 0.253 e. The summed E-state index contributed by atoms with van der Waals surface area (Å²) in [6.07, 6.45) is 2.29. The fourth-order valence-corrected chi connectivity index (χ4v) is 2.78. The Morgan fingerprint density at radius 1 is 1.00 bits per heavy atom. The van der Waals surface area contributed by atoms with Gasteiger partial charge in [-0.25, -0.2) is 0 Å². The summed E-state index contributed by atoms with van der Waals surface area (Å²) >= 11 is 0. The van der Waals surface area contributed by atoms with Crippen molar-refractivity contribution in [3.63, 3.8) is 0 Å². The van der Waals surface area contributed by atoms with E-state index in [1.807, 2.05) is 35.8 Å². The maximum atomic E-state index is 12.6. The van der Waals surface area contributed by atoms with Crippen LogP contribution in [0.1, 0.15) is 43.5 Å². The second-order valence-electron chi connectivity index (χ2n) is 5.73. The van der Waals surface area contributed by atoms with Crippen LogP contribution in [0.15, 0.2) is 24.3 Å². The van der Waals surface area contributed by atoms with Gasteiger partial charge in [0, 0.05) is 38.2 Å². The van der Waals surface area contributed by atoms with Crippen LogP contribution in [0.2, 0.25) is 0 Å². The van der Waals surface area contributed by atoms with E-state index in [1.165, 1.54) is 0 Å². The highest BCUT2D eigenvalue weighted by Gasteiger charge is 2.22. The van der Waals surface area contributed by atoms with Crippen LogP contribution < -0.4 is 4.74 Å². The van der Waals surface area contributed by atoms with E-state index in [-0.39, 0.29) is 11.8 Å². The normalized spacial score (nSPS) is 15.2. The molecule has 126 valence electrons. The van der Waals surface area contributed by atoms with Crippen LogP contribution in [0.3, 0.4) is 0 Å². The van der Waals surface area contributed by atoms with Gasteiger partial charge in [0.05, 0.1) is 6.61 Å². The van der Waals surface area contributed by atoms with Gasteiger partial charge in [0.2, 0.25) is 5.91 Å². The molecule has 1 saturated heterocycles. The van der Waals surface area contributed by atoms with Crippen molar-refractivity contribution < 1.29 is 14.3 Å². The number of hydrogen-bond donors (Lipinski definition) is 0. The lowest BCUT2D eigenvalue weighted by molar-refractivity contribution is -0.131. The van der Waals surface area contributed by atoms with Crippen molar-refractivity contribution in [2.45, 2.75) is 33.1 Å². The Hall–Kier alpha value is -2.04. The maximum absolute atomic E-state index is 12.6. The average molecular weight is 318 g/mol. The number of rotatable bonds is 5. The predicted molar refractivity (Wildman–Crippen MR) is 89.6 cm³/mol. The number of benzene rings is 1. The van der Waals surface area contributed by atoms with Crippen LogP contribution >= 0.6 is 0 Å². The minimum atomic E-state index is 0.0258. The van der Waals surface area contributed by atoms with Crippen LogP contribution in [0.5, 0.6) is 5.75 Å². The lowest BCUT2D eigenvalue weighted by Gasteiger charge is -2.22. The van der Waals surface area contributed by atoms with Gasteiger partial charge in [0.15, 0.2) is 0 Å². The summed E-state index contributed by atoms with van der Waals surface area (Å²) < 4.78 is 5.40. The van der Waals surface area contributed by atoms with Gasteiger partial charge in [0.1, 0.15) is 5.75 Å². The van der Waals surface area contributed by atoms with Crippen LogP contribution in [0, 0.1) is 0 Å². The van der Waals surface area contributed by atoms with E-state index >= 15 is 0 Å². The molecule has 0 aromatic heterocycles. The second-order valence-corrected chi connectivity index (χ2v) is 5.73. The third kappa shape index (κ3) is 4.71. The van der Waals surface area contributed by atoms with Crippen LogP contribution in [0.4, 0.5) is 0 Å². The van der Waals surface area contributed by atoms with Crippen LogP contribution in [0.25, 0.3) is 0 Å². The Balaban J connectivity index is 1.96. The lowest BCUT2D eigenvalue weighted by Crippen LogP contribution is -2.37. The van der Waals surface area contributed by atoms with Gasteiger partial charge in [-0.3, -0.25) is 9.59 Å². The van der Waals surface area contributed by atoms with E-state index < -0.39 is 0 Å². The first-order valence-electron chi connectivity index (χ1n) is 8.45. The Morgan fingerprint density at radius 3 is 2.30 bits per heavy atom. The molecule has 5 heteroatoms. The Morgan fingerprint density at radius 2 is 1.65 bits per heavy atom. The standard InChI is InChI=1S/C18H26N2O3/c1-3-6-17(21)19-11-5-12-20(14-13-19)18(22)15-7-9-16(10-8-15)23-4-2/h7-10H,3-6,11-14H2,1-2H3. The van der Waals surface area contributed by atoms with E-state index in [2.05, 4.69) is 0 Å². The number of amides is 2. The highest BCUT2D eigenvalue weighted by molar-refractivity contribution is 5.94. The molecule has 0 N–H and O–H groups in total. The molecule has 2 amide bonds. The van der Waals surface area contributed by atoms with Crippen molar-refractivity contribution in [3.8, 4) is 5.75 Å². The van der Waals surface area contributed by atoms with E-state index in [0.29, 0.717) is 38.2 Å². The van der Waals surface area contributed by atoms with E-state index in [0.717, 1.165) is 25.1 Å². The Bertz CT molecular complexity index is 528. The zero-order valence-corrected chi connectivity index (χ0v) is 14.1. The molecule has 23 heavy (non-hydrogen) atoms. The number of ether oxygens (including phenoxy) is 1. The zero-order chi connectivity index (χ0) is 16.7. The molecule has 0 atom stereocenters. The van der Waals surface area contributed by atoms with Crippen molar-refractivity contribution >= 4 is 11.8 Å². The van der Waals surface area contributed by atoms with Crippen LogP contribution in [-0.2, 0) is 4.79 Å². The largest absolute Gasteiger partial charge is 0.494 e. The molecule has 0 spiro atoms. The number of carbonyl (C=O) groups excluding carboxylic acids is 2. The summed E-state index contributed by atoms with van der Waals surface area (Å²) in [7, 11) is 0. The average Bonchev–Trinajstić information content (AvgIpc) is 2.81. The Kier molecular flexibility index (Phi) is 6.44. The minimum absolute atomic E-state index is 0.0258. The van der Waals surface area contributed by atoms with Gasteiger partial charge in [-0.1, -0.05) is 6.92 Å². The van der Waals surface area contributed by atoms with E-state index in [4.69, 9.17) is 4.74 Å². The first-order valence-corrected chi connectivity index (χ1v) is 8.45. The summed E-state index contributed by atoms with van der Waals surface area (Å²) in [4.78, 5) is 28.3. The number of hydrogen-bond acceptors (Lipinski definition) is 3. The zero-order valence-electron chi connectivity index (χ0n) is 14.1. The molecule has 0 saturated carbocycles. The molecular weight excluding hydrogens is 292 g/mol. The van der Waals surface area contributed by atoms with Gasteiger partial charge >= 0.3 is 0 Å². The predicted octanol–water partition coefficient (Wildman–Crippen LogP) is 2.56. The van der Waals surface area contributed by atoms with E-state index in [1.54, 1.807) is 12.1 Å². The summed E-state index contributed by atoms with van der Waals surface area (Å²) in [5.74, 6) is 0.997. The van der Waals surface area contributed by atoms with Gasteiger partial charge in [-0.15, -0.1) is 0 Å². The first kappa shape index (κ1) is 17.3. The molecule has 1 aliphatic rings. The van der Waals surface area contributed by atoms with Gasteiger partial charge < -0.3 is 14.5 Å². The molecule has 0 aliphatic carbocycles. The Labute approximate surface area is 138 Å².